The number of ether oxygens (including phenoxy) is 2. The molecule has 8 nitrogen and oxygen atoms in total. The van der Waals surface area contributed by atoms with Crippen molar-refractivity contribution in [1.82, 2.24) is 10.6 Å². The molecule has 1 aromatic rings. The third-order valence-corrected chi connectivity index (χ3v) is 2.74. The fraction of sp³-hybridized carbons (Fsp3) is 0.500. The van der Waals surface area contributed by atoms with Gasteiger partial charge in [-0.2, -0.15) is 0 Å². The highest BCUT2D eigenvalue weighted by atomic mass is 16.6. The predicted octanol–water partition coefficient (Wildman–Crippen LogP) is 1.05. The third kappa shape index (κ3) is 8.47. The van der Waals surface area contributed by atoms with Crippen LogP contribution in [0.4, 0.5) is 4.79 Å². The van der Waals surface area contributed by atoms with Gasteiger partial charge in [0.25, 0.3) is 0 Å². The first-order valence-corrected chi connectivity index (χ1v) is 7.46. The molecule has 0 aromatic heterocycles. The molecule has 1 aromatic carbocycles. The van der Waals surface area contributed by atoms with Gasteiger partial charge in [0.15, 0.2) is 0 Å². The van der Waals surface area contributed by atoms with E-state index in [1.54, 1.807) is 20.8 Å². The van der Waals surface area contributed by atoms with Gasteiger partial charge in [-0.1, -0.05) is 30.3 Å². The molecule has 1 unspecified atom stereocenters. The molecule has 0 saturated carbocycles. The summed E-state index contributed by atoms with van der Waals surface area (Å²) >= 11 is 0. The zero-order valence-corrected chi connectivity index (χ0v) is 14.0. The minimum absolute atomic E-state index is 0.159. The fourth-order valence-electron chi connectivity index (χ4n) is 1.68. The van der Waals surface area contributed by atoms with Gasteiger partial charge in [0, 0.05) is 6.54 Å². The summed E-state index contributed by atoms with van der Waals surface area (Å²) in [6, 6.07) is 7.92. The first-order valence-electron chi connectivity index (χ1n) is 7.46. The Morgan fingerprint density at radius 2 is 1.83 bits per heavy atom. The van der Waals surface area contributed by atoms with Crippen LogP contribution in [0.15, 0.2) is 30.3 Å². The van der Waals surface area contributed by atoms with Crippen molar-refractivity contribution in [2.75, 3.05) is 6.54 Å². The smallest absolute Gasteiger partial charge is 0.408 e. The number of aliphatic hydroxyl groups excluding tert-OH is 1. The summed E-state index contributed by atoms with van der Waals surface area (Å²) in [5.41, 5.74) is 0.124. The summed E-state index contributed by atoms with van der Waals surface area (Å²) in [4.78, 5) is 22.8. The summed E-state index contributed by atoms with van der Waals surface area (Å²) < 4.78 is 10.1. The zero-order chi connectivity index (χ0) is 18.2. The van der Waals surface area contributed by atoms with Gasteiger partial charge in [-0.25, -0.2) is 9.59 Å². The lowest BCUT2D eigenvalue weighted by atomic mass is 10.2. The number of nitrogens with one attached hydrogen (secondary N) is 2. The van der Waals surface area contributed by atoms with Crippen LogP contribution in [0.1, 0.15) is 26.3 Å². The van der Waals surface area contributed by atoms with Gasteiger partial charge >= 0.3 is 12.1 Å². The van der Waals surface area contributed by atoms with Crippen LogP contribution in [0, 0.1) is 0 Å². The summed E-state index contributed by atoms with van der Waals surface area (Å²) in [5, 5.41) is 23.5. The van der Waals surface area contributed by atoms with E-state index in [0.717, 1.165) is 5.56 Å². The van der Waals surface area contributed by atoms with E-state index in [1.165, 1.54) is 0 Å². The molecule has 0 saturated heterocycles. The van der Waals surface area contributed by atoms with Gasteiger partial charge in [-0.3, -0.25) is 5.32 Å². The van der Waals surface area contributed by atoms with Crippen LogP contribution in [0.5, 0.6) is 0 Å². The minimum Gasteiger partial charge on any atom is -0.480 e. The van der Waals surface area contributed by atoms with Gasteiger partial charge in [0.05, 0.1) is 6.61 Å². The Bertz CT molecular complexity index is 529. The number of carboxylic acid groups (broad SMARTS) is 1. The molecule has 4 N–H and O–H groups in total. The van der Waals surface area contributed by atoms with Gasteiger partial charge in [0.2, 0.25) is 6.41 Å². The largest absolute Gasteiger partial charge is 0.480 e. The monoisotopic (exact) mass is 340 g/mol. The number of benzene rings is 1. The van der Waals surface area contributed by atoms with Gasteiger partial charge < -0.3 is 25.0 Å². The van der Waals surface area contributed by atoms with Crippen LogP contribution in [-0.4, -0.2) is 46.9 Å². The molecule has 0 radical (unpaired) electrons. The number of rotatable bonds is 8. The van der Waals surface area contributed by atoms with E-state index < -0.39 is 30.1 Å². The maximum atomic E-state index is 11.6. The Labute approximate surface area is 140 Å². The average Bonchev–Trinajstić information content (AvgIpc) is 2.48. The lowest BCUT2D eigenvalue weighted by Gasteiger charge is -2.23. The first-order chi connectivity index (χ1) is 11.2. The lowest BCUT2D eigenvalue weighted by Crippen LogP contribution is -2.50. The molecular formula is C16H24N2O6. The Hall–Kier alpha value is -2.16. The highest BCUT2D eigenvalue weighted by Crippen LogP contribution is 2.07. The molecule has 8 heteroatoms. The Morgan fingerprint density at radius 1 is 1.21 bits per heavy atom. The van der Waals surface area contributed by atoms with Gasteiger partial charge in [-0.15, -0.1) is 0 Å². The fourth-order valence-corrected chi connectivity index (χ4v) is 1.68. The molecule has 1 amide bonds. The molecule has 0 aliphatic rings. The molecule has 0 aliphatic carbocycles. The highest BCUT2D eigenvalue weighted by Gasteiger charge is 2.24. The Balaban J connectivity index is 2.39. The number of amides is 1. The van der Waals surface area contributed by atoms with Crippen LogP contribution in [0.25, 0.3) is 0 Å². The Kier molecular flexibility index (Phi) is 7.63. The molecule has 0 fully saturated rings. The second-order valence-electron chi connectivity index (χ2n) is 6.09. The van der Waals surface area contributed by atoms with E-state index in [4.69, 9.17) is 14.6 Å². The standard InChI is InChI=1S/C16H24N2O6/c1-16(2,3)24-15(22)18-12(13(19)20)9-17-14(21)23-10-11-7-5-4-6-8-11/h4-8,12,14,17,21H,9-10H2,1-3H3,(H,18,22)(H,19,20)/t12-,14?/m0/s1. The van der Waals surface area contributed by atoms with Crippen molar-refractivity contribution in [3.05, 3.63) is 35.9 Å². The van der Waals surface area contributed by atoms with Crippen molar-refractivity contribution >= 4 is 12.1 Å². The number of aliphatic hydroxyl groups is 1. The SMILES string of the molecule is CC(C)(C)OC(=O)N[C@@H](CNC(O)OCc1ccccc1)C(=O)O. The van der Waals surface area contributed by atoms with Crippen LogP contribution in [0.3, 0.4) is 0 Å². The molecule has 2 atom stereocenters. The van der Waals surface area contributed by atoms with Crippen molar-refractivity contribution in [2.24, 2.45) is 0 Å². The van der Waals surface area contributed by atoms with E-state index in [9.17, 15) is 14.7 Å². The highest BCUT2D eigenvalue weighted by molar-refractivity contribution is 5.80. The van der Waals surface area contributed by atoms with Crippen LogP contribution < -0.4 is 10.6 Å². The number of carbonyl (C=O) groups is 2. The van der Waals surface area contributed by atoms with E-state index in [1.807, 2.05) is 30.3 Å². The summed E-state index contributed by atoms with van der Waals surface area (Å²) in [7, 11) is 0. The van der Waals surface area contributed by atoms with Crippen molar-refractivity contribution in [1.29, 1.82) is 0 Å². The van der Waals surface area contributed by atoms with E-state index in [-0.39, 0.29) is 13.2 Å². The van der Waals surface area contributed by atoms with Crippen molar-refractivity contribution in [3.63, 3.8) is 0 Å². The molecule has 24 heavy (non-hydrogen) atoms. The minimum atomic E-state index is -1.37. The number of hydrogen-bond acceptors (Lipinski definition) is 6. The van der Waals surface area contributed by atoms with Crippen molar-refractivity contribution < 1.29 is 29.3 Å². The number of carbonyl (C=O) groups excluding carboxylic acids is 1. The van der Waals surface area contributed by atoms with Crippen LogP contribution >= 0.6 is 0 Å². The van der Waals surface area contributed by atoms with Crippen LogP contribution in [0.2, 0.25) is 0 Å². The maximum Gasteiger partial charge on any atom is 0.408 e. The Morgan fingerprint density at radius 3 is 2.38 bits per heavy atom. The van der Waals surface area contributed by atoms with Gasteiger partial charge in [0.1, 0.15) is 11.6 Å². The first kappa shape index (κ1) is 19.9. The normalized spacial score (nSPS) is 13.8. The lowest BCUT2D eigenvalue weighted by molar-refractivity contribution is -0.143. The van der Waals surface area contributed by atoms with Crippen molar-refractivity contribution in [3.8, 4) is 0 Å². The van der Waals surface area contributed by atoms with E-state index in [2.05, 4.69) is 10.6 Å². The second kappa shape index (κ2) is 9.21. The quantitative estimate of drug-likeness (QED) is 0.522. The number of aliphatic carboxylic acids is 1. The molecule has 1 rings (SSSR count). The third-order valence-electron chi connectivity index (χ3n) is 2.74. The van der Waals surface area contributed by atoms with E-state index in [0.29, 0.717) is 0 Å². The molecule has 0 heterocycles. The summed E-state index contributed by atoms with van der Waals surface area (Å²) in [6.07, 6.45) is -2.22. The molecule has 0 spiro atoms. The molecule has 134 valence electrons. The predicted molar refractivity (Wildman–Crippen MR) is 86.0 cm³/mol. The zero-order valence-electron chi connectivity index (χ0n) is 14.0. The number of carboxylic acids is 1. The number of hydrogen-bond donors (Lipinski definition) is 4. The second-order valence-corrected chi connectivity index (χ2v) is 6.09. The number of alkyl carbamates (subject to hydrolysis) is 1. The molecule has 0 aliphatic heterocycles. The molecular weight excluding hydrogens is 316 g/mol. The van der Waals surface area contributed by atoms with Crippen LogP contribution in [-0.2, 0) is 20.9 Å². The summed E-state index contributed by atoms with van der Waals surface area (Å²) in [5.74, 6) is -1.26. The summed E-state index contributed by atoms with van der Waals surface area (Å²) in [6.45, 7) is 4.93. The van der Waals surface area contributed by atoms with Gasteiger partial charge in [-0.05, 0) is 26.3 Å². The van der Waals surface area contributed by atoms with E-state index >= 15 is 0 Å². The average molecular weight is 340 g/mol. The molecule has 0 bridgehead atoms. The van der Waals surface area contributed by atoms with Crippen molar-refractivity contribution in [2.45, 2.75) is 45.4 Å². The maximum absolute atomic E-state index is 11.6. The topological polar surface area (TPSA) is 117 Å².